The molecule has 1 fully saturated rings. The van der Waals surface area contributed by atoms with Gasteiger partial charge in [-0.1, -0.05) is 36.8 Å². The summed E-state index contributed by atoms with van der Waals surface area (Å²) in [6, 6.07) is 10.4. The predicted molar refractivity (Wildman–Crippen MR) is 106 cm³/mol. The third-order valence-electron chi connectivity index (χ3n) is 5.49. The molecular formula is C20H27ClN4O. The average molecular weight is 375 g/mol. The molecule has 1 aromatic heterocycles. The molecule has 0 spiro atoms. The van der Waals surface area contributed by atoms with Crippen LogP contribution in [0, 0.1) is 0 Å². The lowest BCUT2D eigenvalue weighted by Crippen LogP contribution is -2.49. The van der Waals surface area contributed by atoms with Gasteiger partial charge in [-0.2, -0.15) is 5.10 Å². The van der Waals surface area contributed by atoms with Gasteiger partial charge < -0.3 is 10.2 Å². The largest absolute Gasteiger partial charge is 0.341 e. The van der Waals surface area contributed by atoms with Gasteiger partial charge in [0.05, 0.1) is 11.7 Å². The lowest BCUT2D eigenvalue weighted by Gasteiger charge is -2.29. The first-order chi connectivity index (χ1) is 12.2. The summed E-state index contributed by atoms with van der Waals surface area (Å²) < 4.78 is 2.00. The van der Waals surface area contributed by atoms with E-state index in [1.807, 2.05) is 17.8 Å². The van der Waals surface area contributed by atoms with Crippen LogP contribution in [-0.4, -0.2) is 46.3 Å². The number of halogens is 1. The van der Waals surface area contributed by atoms with Crippen LogP contribution in [0.4, 0.5) is 0 Å². The van der Waals surface area contributed by atoms with E-state index >= 15 is 0 Å². The second-order valence-corrected chi connectivity index (χ2v) is 7.09. The number of nitrogens with zero attached hydrogens (tertiary/aromatic N) is 3. The highest BCUT2D eigenvalue weighted by molar-refractivity contribution is 5.85. The van der Waals surface area contributed by atoms with Crippen molar-refractivity contribution in [3.8, 4) is 11.3 Å². The Balaban J connectivity index is 0.00000196. The third kappa shape index (κ3) is 3.64. The Hall–Kier alpha value is -1.85. The fourth-order valence-electron chi connectivity index (χ4n) is 4.11. The standard InChI is InChI=1S/C20H26N4O.ClH/c1-23-18-11-14-24(20(25)17-9-5-6-12-21-17)13-10-16(18)19(22-23)15-7-3-2-4-8-15;/h2-4,7-8,17,21H,5-6,9-14H2,1H3;1H. The van der Waals surface area contributed by atoms with Crippen molar-refractivity contribution in [3.05, 3.63) is 41.6 Å². The number of fused-ring (bicyclic) bond motifs is 1. The molecule has 1 unspecified atom stereocenters. The summed E-state index contributed by atoms with van der Waals surface area (Å²) >= 11 is 0. The van der Waals surface area contributed by atoms with E-state index in [1.54, 1.807) is 0 Å². The second-order valence-electron chi connectivity index (χ2n) is 7.09. The molecule has 140 valence electrons. The molecular weight excluding hydrogens is 348 g/mol. The zero-order valence-corrected chi connectivity index (χ0v) is 16.1. The summed E-state index contributed by atoms with van der Waals surface area (Å²) in [5.41, 5.74) is 4.81. The van der Waals surface area contributed by atoms with Gasteiger partial charge in [-0.3, -0.25) is 9.48 Å². The van der Waals surface area contributed by atoms with E-state index in [0.29, 0.717) is 0 Å². The molecule has 3 heterocycles. The van der Waals surface area contributed by atoms with Crippen LogP contribution in [-0.2, 0) is 24.7 Å². The van der Waals surface area contributed by atoms with Crippen LogP contribution in [0.5, 0.6) is 0 Å². The van der Waals surface area contributed by atoms with Crippen molar-refractivity contribution in [1.29, 1.82) is 0 Å². The molecule has 0 saturated carbocycles. The topological polar surface area (TPSA) is 50.2 Å². The van der Waals surface area contributed by atoms with Gasteiger partial charge in [0, 0.05) is 43.4 Å². The van der Waals surface area contributed by atoms with Crippen LogP contribution in [0.25, 0.3) is 11.3 Å². The number of hydrogen-bond acceptors (Lipinski definition) is 3. The molecule has 4 rings (SSSR count). The summed E-state index contributed by atoms with van der Waals surface area (Å²) in [4.78, 5) is 14.9. The number of carbonyl (C=O) groups is 1. The van der Waals surface area contributed by atoms with Crippen LogP contribution in [0.3, 0.4) is 0 Å². The van der Waals surface area contributed by atoms with Gasteiger partial charge in [-0.25, -0.2) is 0 Å². The number of rotatable bonds is 2. The molecule has 6 heteroatoms. The van der Waals surface area contributed by atoms with Crippen molar-refractivity contribution in [3.63, 3.8) is 0 Å². The van der Waals surface area contributed by atoms with Crippen LogP contribution in [0.15, 0.2) is 30.3 Å². The Bertz CT molecular complexity index is 753. The van der Waals surface area contributed by atoms with Gasteiger partial charge in [0.25, 0.3) is 0 Å². The minimum atomic E-state index is 0. The van der Waals surface area contributed by atoms with E-state index in [1.165, 1.54) is 17.7 Å². The maximum atomic E-state index is 12.9. The Morgan fingerprint density at radius 2 is 1.92 bits per heavy atom. The summed E-state index contributed by atoms with van der Waals surface area (Å²) in [7, 11) is 2.02. The lowest BCUT2D eigenvalue weighted by molar-refractivity contribution is -0.133. The van der Waals surface area contributed by atoms with Gasteiger partial charge in [0.2, 0.25) is 5.91 Å². The number of benzene rings is 1. The number of hydrogen-bond donors (Lipinski definition) is 1. The van der Waals surface area contributed by atoms with E-state index in [0.717, 1.165) is 56.6 Å². The monoisotopic (exact) mass is 374 g/mol. The van der Waals surface area contributed by atoms with E-state index in [9.17, 15) is 4.79 Å². The van der Waals surface area contributed by atoms with Crippen LogP contribution < -0.4 is 5.32 Å². The maximum absolute atomic E-state index is 12.9. The van der Waals surface area contributed by atoms with Crippen molar-refractivity contribution in [1.82, 2.24) is 20.0 Å². The number of aryl methyl sites for hydroxylation is 1. The SMILES string of the molecule is Cl.Cn1nc(-c2ccccc2)c2c1CCN(C(=O)C1CCCCN1)CC2. The zero-order valence-electron chi connectivity index (χ0n) is 15.3. The molecule has 5 nitrogen and oxygen atoms in total. The van der Waals surface area contributed by atoms with E-state index in [-0.39, 0.29) is 24.4 Å². The highest BCUT2D eigenvalue weighted by Crippen LogP contribution is 2.28. The third-order valence-corrected chi connectivity index (χ3v) is 5.49. The van der Waals surface area contributed by atoms with Gasteiger partial charge in [-0.05, 0) is 25.8 Å². The minimum Gasteiger partial charge on any atom is -0.341 e. The predicted octanol–water partition coefficient (Wildman–Crippen LogP) is 2.58. The van der Waals surface area contributed by atoms with Crippen molar-refractivity contribution >= 4 is 18.3 Å². The summed E-state index contributed by atoms with van der Waals surface area (Å²) in [6.45, 7) is 2.54. The van der Waals surface area contributed by atoms with Gasteiger partial charge in [0.15, 0.2) is 0 Å². The molecule has 1 amide bonds. The highest BCUT2D eigenvalue weighted by atomic mass is 35.5. The van der Waals surface area contributed by atoms with Crippen molar-refractivity contribution < 1.29 is 4.79 Å². The number of carbonyl (C=O) groups excluding carboxylic acids is 1. The Labute approximate surface area is 161 Å². The minimum absolute atomic E-state index is 0. The molecule has 1 N–H and O–H groups in total. The Kier molecular flexibility index (Phi) is 5.99. The second kappa shape index (κ2) is 8.23. The first-order valence-electron chi connectivity index (χ1n) is 9.36. The Morgan fingerprint density at radius 1 is 1.15 bits per heavy atom. The first kappa shape index (κ1) is 18.9. The van der Waals surface area contributed by atoms with Gasteiger partial charge in [-0.15, -0.1) is 12.4 Å². The number of amides is 1. The van der Waals surface area contributed by atoms with Crippen LogP contribution in [0.2, 0.25) is 0 Å². The summed E-state index contributed by atoms with van der Waals surface area (Å²) in [5, 5.41) is 8.16. The van der Waals surface area contributed by atoms with E-state index in [4.69, 9.17) is 5.10 Å². The molecule has 2 aliphatic rings. The molecule has 26 heavy (non-hydrogen) atoms. The molecule has 1 aromatic carbocycles. The Morgan fingerprint density at radius 3 is 2.65 bits per heavy atom. The lowest BCUT2D eigenvalue weighted by atomic mass is 10.0. The first-order valence-corrected chi connectivity index (χ1v) is 9.36. The molecule has 2 aliphatic heterocycles. The van der Waals surface area contributed by atoms with Gasteiger partial charge in [0.1, 0.15) is 0 Å². The fraction of sp³-hybridized carbons (Fsp3) is 0.500. The highest BCUT2D eigenvalue weighted by Gasteiger charge is 2.29. The van der Waals surface area contributed by atoms with Crippen LogP contribution >= 0.6 is 12.4 Å². The quantitative estimate of drug-likeness (QED) is 0.879. The van der Waals surface area contributed by atoms with Crippen molar-refractivity contribution in [2.24, 2.45) is 7.05 Å². The molecule has 2 aromatic rings. The molecule has 1 atom stereocenters. The molecule has 0 bridgehead atoms. The molecule has 1 saturated heterocycles. The van der Waals surface area contributed by atoms with Gasteiger partial charge >= 0.3 is 0 Å². The van der Waals surface area contributed by atoms with Crippen molar-refractivity contribution in [2.75, 3.05) is 19.6 Å². The maximum Gasteiger partial charge on any atom is 0.239 e. The summed E-state index contributed by atoms with van der Waals surface area (Å²) in [6.07, 6.45) is 5.07. The van der Waals surface area contributed by atoms with E-state index < -0.39 is 0 Å². The fourth-order valence-corrected chi connectivity index (χ4v) is 4.11. The number of piperidine rings is 1. The summed E-state index contributed by atoms with van der Waals surface area (Å²) in [5.74, 6) is 0.279. The smallest absolute Gasteiger partial charge is 0.239 e. The average Bonchev–Trinajstić information content (AvgIpc) is 2.84. The molecule has 0 radical (unpaired) electrons. The number of aromatic nitrogens is 2. The zero-order chi connectivity index (χ0) is 17.2. The van der Waals surface area contributed by atoms with Crippen molar-refractivity contribution in [2.45, 2.75) is 38.1 Å². The molecule has 0 aliphatic carbocycles. The normalized spacial score (nSPS) is 20.0. The van der Waals surface area contributed by atoms with Crippen LogP contribution in [0.1, 0.15) is 30.5 Å². The van der Waals surface area contributed by atoms with E-state index in [2.05, 4.69) is 34.5 Å². The number of nitrogens with one attached hydrogen (secondary N) is 1.